The van der Waals surface area contributed by atoms with Crippen molar-refractivity contribution in [2.75, 3.05) is 39.3 Å². The molecule has 36 heavy (non-hydrogen) atoms. The Labute approximate surface area is 215 Å². The Hall–Kier alpha value is -2.23. The third-order valence-electron chi connectivity index (χ3n) is 6.50. The number of aromatic nitrogens is 1. The van der Waals surface area contributed by atoms with Gasteiger partial charge in [-0.15, -0.1) is 0 Å². The van der Waals surface area contributed by atoms with E-state index in [9.17, 15) is 18.0 Å². The summed E-state index contributed by atoms with van der Waals surface area (Å²) >= 11 is 0. The van der Waals surface area contributed by atoms with Gasteiger partial charge in [0.25, 0.3) is 5.91 Å². The maximum atomic E-state index is 13.3. The van der Waals surface area contributed by atoms with Gasteiger partial charge >= 0.3 is 0 Å². The quantitative estimate of drug-likeness (QED) is 0.442. The summed E-state index contributed by atoms with van der Waals surface area (Å²) in [5.41, 5.74) is 0.242. The lowest BCUT2D eigenvalue weighted by Crippen LogP contribution is -2.39. The van der Waals surface area contributed by atoms with Crippen LogP contribution in [0.1, 0.15) is 64.2 Å². The highest BCUT2D eigenvalue weighted by molar-refractivity contribution is 7.89. The average Bonchev–Trinajstić information content (AvgIpc) is 2.80. The van der Waals surface area contributed by atoms with Crippen LogP contribution in [0.2, 0.25) is 0 Å². The monoisotopic (exact) mass is 518 g/mol. The number of piperidine rings is 1. The van der Waals surface area contributed by atoms with Crippen molar-refractivity contribution in [3.63, 3.8) is 0 Å². The van der Waals surface area contributed by atoms with Crippen molar-refractivity contribution in [2.45, 2.75) is 58.8 Å². The molecule has 1 aliphatic heterocycles. The van der Waals surface area contributed by atoms with Crippen molar-refractivity contribution < 1.29 is 13.2 Å². The summed E-state index contributed by atoms with van der Waals surface area (Å²) in [5, 5.41) is 3.36. The summed E-state index contributed by atoms with van der Waals surface area (Å²) in [6, 6.07) is 5.85. The smallest absolute Gasteiger partial charge is 0.252 e. The molecule has 2 heterocycles. The van der Waals surface area contributed by atoms with Crippen molar-refractivity contribution in [3.05, 3.63) is 40.2 Å². The molecule has 9 heteroatoms. The molecular formula is C27H42N4O4S. The summed E-state index contributed by atoms with van der Waals surface area (Å²) in [5.74, 6) is 1.08. The number of benzene rings is 1. The SMILES string of the molecule is CC(C)CN(CCCNC(=O)c1cc(=O)[nH]c2ccc(S(=O)(=O)N3CCC[C@H](C)C3)cc12)CC(C)C. The van der Waals surface area contributed by atoms with E-state index < -0.39 is 15.6 Å². The first-order valence-corrected chi connectivity index (χ1v) is 14.6. The Balaban J connectivity index is 1.76. The van der Waals surface area contributed by atoms with Crippen molar-refractivity contribution in [1.82, 2.24) is 19.5 Å². The second-order valence-electron chi connectivity index (χ2n) is 11.0. The number of amides is 1. The van der Waals surface area contributed by atoms with Crippen molar-refractivity contribution in [2.24, 2.45) is 17.8 Å². The van der Waals surface area contributed by atoms with Gasteiger partial charge in [-0.25, -0.2) is 8.42 Å². The van der Waals surface area contributed by atoms with Gasteiger partial charge in [0, 0.05) is 49.7 Å². The molecule has 1 aliphatic rings. The van der Waals surface area contributed by atoms with E-state index in [1.165, 1.54) is 22.5 Å². The van der Waals surface area contributed by atoms with Gasteiger partial charge in [-0.2, -0.15) is 4.31 Å². The molecule has 0 bridgehead atoms. The van der Waals surface area contributed by atoms with Gasteiger partial charge in [-0.05, 0) is 61.8 Å². The molecule has 1 fully saturated rings. The van der Waals surface area contributed by atoms with Crippen LogP contribution >= 0.6 is 0 Å². The van der Waals surface area contributed by atoms with Gasteiger partial charge in [-0.3, -0.25) is 9.59 Å². The van der Waals surface area contributed by atoms with E-state index in [-0.39, 0.29) is 16.4 Å². The fraction of sp³-hybridized carbons (Fsp3) is 0.630. The number of aromatic amines is 1. The van der Waals surface area contributed by atoms with Crippen molar-refractivity contribution in [3.8, 4) is 0 Å². The highest BCUT2D eigenvalue weighted by Crippen LogP contribution is 2.26. The Bertz CT molecular complexity index is 1200. The van der Waals surface area contributed by atoms with E-state index in [4.69, 9.17) is 0 Å². The number of fused-ring (bicyclic) bond motifs is 1. The molecule has 0 unspecified atom stereocenters. The molecule has 1 aromatic carbocycles. The molecule has 1 aromatic heterocycles. The predicted octanol–water partition coefficient (Wildman–Crippen LogP) is 3.68. The number of sulfonamides is 1. The number of hydrogen-bond donors (Lipinski definition) is 2. The second-order valence-corrected chi connectivity index (χ2v) is 13.0. The molecule has 200 valence electrons. The first kappa shape index (κ1) is 28.3. The number of H-pyrrole nitrogens is 1. The number of nitrogens with one attached hydrogen (secondary N) is 2. The second kappa shape index (κ2) is 12.3. The van der Waals surface area contributed by atoms with Gasteiger partial charge in [-0.1, -0.05) is 34.6 Å². The van der Waals surface area contributed by atoms with Crippen LogP contribution < -0.4 is 10.9 Å². The molecule has 2 aromatic rings. The lowest BCUT2D eigenvalue weighted by Gasteiger charge is -2.30. The van der Waals surface area contributed by atoms with Gasteiger partial charge in [0.05, 0.1) is 10.5 Å². The number of pyridine rings is 1. The van der Waals surface area contributed by atoms with Crippen LogP contribution in [0.25, 0.3) is 10.9 Å². The Kier molecular flexibility index (Phi) is 9.72. The number of nitrogens with zero attached hydrogens (tertiary/aromatic N) is 2. The predicted molar refractivity (Wildman–Crippen MR) is 145 cm³/mol. The molecule has 0 spiro atoms. The maximum Gasteiger partial charge on any atom is 0.252 e. The maximum absolute atomic E-state index is 13.3. The summed E-state index contributed by atoms with van der Waals surface area (Å²) in [6.45, 7) is 15.2. The summed E-state index contributed by atoms with van der Waals surface area (Å²) in [6.07, 6.45) is 2.64. The fourth-order valence-electron chi connectivity index (χ4n) is 4.98. The highest BCUT2D eigenvalue weighted by Gasteiger charge is 2.29. The van der Waals surface area contributed by atoms with E-state index in [0.29, 0.717) is 48.3 Å². The minimum Gasteiger partial charge on any atom is -0.352 e. The molecule has 8 nitrogen and oxygen atoms in total. The molecule has 1 saturated heterocycles. The molecule has 0 saturated carbocycles. The van der Waals surface area contributed by atoms with Crippen LogP contribution in [0.5, 0.6) is 0 Å². The lowest BCUT2D eigenvalue weighted by molar-refractivity contribution is 0.0952. The topological polar surface area (TPSA) is 103 Å². The Morgan fingerprint density at radius 2 is 1.86 bits per heavy atom. The third kappa shape index (κ3) is 7.40. The van der Waals surface area contributed by atoms with E-state index in [2.05, 4.69) is 49.8 Å². The van der Waals surface area contributed by atoms with E-state index in [1.807, 2.05) is 0 Å². The van der Waals surface area contributed by atoms with E-state index in [1.54, 1.807) is 6.07 Å². The largest absolute Gasteiger partial charge is 0.352 e. The zero-order chi connectivity index (χ0) is 26.5. The molecule has 1 amide bonds. The summed E-state index contributed by atoms with van der Waals surface area (Å²) < 4.78 is 28.1. The van der Waals surface area contributed by atoms with Crippen LogP contribution in [-0.2, 0) is 10.0 Å². The normalized spacial score (nSPS) is 17.4. The van der Waals surface area contributed by atoms with Crippen LogP contribution in [0, 0.1) is 17.8 Å². The third-order valence-corrected chi connectivity index (χ3v) is 8.36. The van der Waals surface area contributed by atoms with Gasteiger partial charge < -0.3 is 15.2 Å². The molecule has 1 atom stereocenters. The Morgan fingerprint density at radius 3 is 2.50 bits per heavy atom. The molecule has 3 rings (SSSR count). The minimum absolute atomic E-state index is 0.142. The van der Waals surface area contributed by atoms with E-state index >= 15 is 0 Å². The van der Waals surface area contributed by atoms with Gasteiger partial charge in [0.1, 0.15) is 0 Å². The summed E-state index contributed by atoms with van der Waals surface area (Å²) in [7, 11) is -3.69. The van der Waals surface area contributed by atoms with Crippen molar-refractivity contribution in [1.29, 1.82) is 0 Å². The molecule has 0 aliphatic carbocycles. The average molecular weight is 519 g/mol. The Morgan fingerprint density at radius 1 is 1.17 bits per heavy atom. The van der Waals surface area contributed by atoms with Gasteiger partial charge in [0.15, 0.2) is 0 Å². The first-order chi connectivity index (χ1) is 17.0. The van der Waals surface area contributed by atoms with Crippen LogP contribution in [0.3, 0.4) is 0 Å². The zero-order valence-electron chi connectivity index (χ0n) is 22.3. The standard InChI is InChI=1S/C27H42N4O4S/c1-19(2)16-30(17-20(3)4)12-7-11-28-27(33)24-15-26(32)29-25-10-9-22(14-23(24)25)36(34,35)31-13-6-8-21(5)18-31/h9-10,14-15,19-21H,6-8,11-13,16-18H2,1-5H3,(H,28,33)(H,29,32)/t21-/m0/s1. The fourth-order valence-corrected chi connectivity index (χ4v) is 6.61. The number of carbonyl (C=O) groups excluding carboxylic acids is 1. The first-order valence-electron chi connectivity index (χ1n) is 13.1. The van der Waals surface area contributed by atoms with Gasteiger partial charge in [0.2, 0.25) is 15.6 Å². The molecule has 0 radical (unpaired) electrons. The zero-order valence-corrected chi connectivity index (χ0v) is 23.2. The number of hydrogen-bond acceptors (Lipinski definition) is 5. The number of carbonyl (C=O) groups is 1. The summed E-state index contributed by atoms with van der Waals surface area (Å²) in [4.78, 5) is 30.6. The van der Waals surface area contributed by atoms with Crippen molar-refractivity contribution >= 4 is 26.8 Å². The lowest BCUT2D eigenvalue weighted by atomic mass is 10.0. The highest BCUT2D eigenvalue weighted by atomic mass is 32.2. The van der Waals surface area contributed by atoms with E-state index in [0.717, 1.165) is 38.9 Å². The van der Waals surface area contributed by atoms with Crippen LogP contribution in [0.4, 0.5) is 0 Å². The minimum atomic E-state index is -3.69. The number of rotatable bonds is 11. The van der Waals surface area contributed by atoms with Crippen LogP contribution in [0.15, 0.2) is 34.0 Å². The molecule has 2 N–H and O–H groups in total. The molecular weight excluding hydrogens is 476 g/mol. The van der Waals surface area contributed by atoms with Crippen LogP contribution in [-0.4, -0.2) is 67.8 Å².